The highest BCUT2D eigenvalue weighted by molar-refractivity contribution is 7.91. The van der Waals surface area contributed by atoms with E-state index in [-0.39, 0.29) is 11.6 Å². The number of fused-ring (bicyclic) bond motifs is 3. The molecule has 0 bridgehead atoms. The lowest BCUT2D eigenvalue weighted by atomic mass is 9.89. The lowest BCUT2D eigenvalue weighted by Gasteiger charge is -2.36. The minimum absolute atomic E-state index is 0.289. The Hall–Kier alpha value is -2.88. The molecule has 2 aliphatic carbocycles. The fourth-order valence-electron chi connectivity index (χ4n) is 5.17. The largest absolute Gasteiger partial charge is 0.494 e. The molecule has 1 spiro atoms. The molecular formula is C24H30N4O5S. The number of sulfone groups is 1. The Labute approximate surface area is 199 Å². The lowest BCUT2D eigenvalue weighted by molar-refractivity contribution is -0.113. The van der Waals surface area contributed by atoms with Crippen LogP contribution in [0, 0.1) is 5.92 Å². The smallest absolute Gasteiger partial charge is 0.272 e. The van der Waals surface area contributed by atoms with Crippen LogP contribution in [0.25, 0.3) is 0 Å². The maximum atomic E-state index is 13.4. The number of aromatic nitrogens is 2. The molecule has 1 fully saturated rings. The molecule has 2 amide bonds. The van der Waals surface area contributed by atoms with Gasteiger partial charge >= 0.3 is 0 Å². The summed E-state index contributed by atoms with van der Waals surface area (Å²) in [4.78, 5) is 25.9. The quantitative estimate of drug-likeness (QED) is 0.590. The maximum absolute atomic E-state index is 13.4. The van der Waals surface area contributed by atoms with Crippen molar-refractivity contribution in [1.29, 1.82) is 0 Å². The molecule has 0 radical (unpaired) electrons. The topological polar surface area (TPSA) is 119 Å². The molecule has 0 saturated heterocycles. The summed E-state index contributed by atoms with van der Waals surface area (Å²) in [6.45, 7) is 2.99. The van der Waals surface area contributed by atoms with Crippen LogP contribution in [0.5, 0.6) is 5.75 Å². The number of aryl methyl sites for hydroxylation is 2. The number of amides is 2. The van der Waals surface area contributed by atoms with Crippen LogP contribution in [0.3, 0.4) is 0 Å². The van der Waals surface area contributed by atoms with Crippen molar-refractivity contribution in [3.63, 3.8) is 0 Å². The molecule has 2 aromatic rings. The minimum atomic E-state index is -3.50. The van der Waals surface area contributed by atoms with Crippen molar-refractivity contribution in [2.75, 3.05) is 23.9 Å². The van der Waals surface area contributed by atoms with Crippen molar-refractivity contribution in [3.05, 3.63) is 40.7 Å². The van der Waals surface area contributed by atoms with E-state index in [1.807, 2.05) is 25.1 Å². The summed E-state index contributed by atoms with van der Waals surface area (Å²) < 4.78 is 30.6. The molecule has 5 rings (SSSR count). The van der Waals surface area contributed by atoms with Gasteiger partial charge in [-0.25, -0.2) is 8.42 Å². The summed E-state index contributed by atoms with van der Waals surface area (Å²) in [5.41, 5.74) is 2.91. The van der Waals surface area contributed by atoms with Crippen LogP contribution in [0.1, 0.15) is 59.9 Å². The van der Waals surface area contributed by atoms with E-state index in [4.69, 9.17) is 9.84 Å². The zero-order chi connectivity index (χ0) is 24.1. The molecule has 34 heavy (non-hydrogen) atoms. The predicted molar refractivity (Wildman–Crippen MR) is 127 cm³/mol. The van der Waals surface area contributed by atoms with Crippen molar-refractivity contribution in [2.45, 2.75) is 57.5 Å². The average Bonchev–Trinajstić information content (AvgIpc) is 3.44. The second-order valence-electron chi connectivity index (χ2n) is 9.72. The number of carbonyl (C=O) groups excluding carboxylic acids is 2. The highest BCUT2D eigenvalue weighted by Gasteiger charge is 2.46. The standard InChI is InChI=1S/C24H30N4O5S/c1-3-33-17-7-8-18-16(12-17)10-11-24(18)14-28-22(23(30)26-24)21(25-20(29)13-34(2,31)32)19(27-28)9-6-15-4-5-15/h7-8,12,15H,3-6,9-11,13-14H2,1-2H3,(H,25,29)(H,26,30)/t24-/m1/s1. The van der Waals surface area contributed by atoms with E-state index < -0.39 is 27.0 Å². The highest BCUT2D eigenvalue weighted by atomic mass is 32.2. The van der Waals surface area contributed by atoms with Crippen molar-refractivity contribution in [2.24, 2.45) is 5.92 Å². The molecule has 1 aromatic heterocycles. The Morgan fingerprint density at radius 1 is 1.35 bits per heavy atom. The van der Waals surface area contributed by atoms with Crippen LogP contribution in [0.15, 0.2) is 18.2 Å². The summed E-state index contributed by atoms with van der Waals surface area (Å²) >= 11 is 0. The third-order valence-corrected chi connectivity index (χ3v) is 7.67. The van der Waals surface area contributed by atoms with Gasteiger partial charge in [0.2, 0.25) is 5.91 Å². The number of nitrogens with zero attached hydrogens (tertiary/aromatic N) is 2. The number of carbonyl (C=O) groups is 2. The number of benzene rings is 1. The van der Waals surface area contributed by atoms with E-state index in [0.29, 0.717) is 36.9 Å². The van der Waals surface area contributed by atoms with Crippen molar-refractivity contribution in [1.82, 2.24) is 15.1 Å². The van der Waals surface area contributed by atoms with Crippen LogP contribution in [-0.2, 0) is 39.6 Å². The molecule has 2 N–H and O–H groups in total. The molecule has 1 aliphatic heterocycles. The van der Waals surface area contributed by atoms with Gasteiger partial charge in [0.15, 0.2) is 9.84 Å². The van der Waals surface area contributed by atoms with Gasteiger partial charge < -0.3 is 15.4 Å². The van der Waals surface area contributed by atoms with E-state index in [2.05, 4.69) is 10.6 Å². The third kappa shape index (κ3) is 4.43. The minimum Gasteiger partial charge on any atom is -0.494 e. The number of ether oxygens (including phenoxy) is 1. The van der Waals surface area contributed by atoms with Crippen molar-refractivity contribution >= 4 is 27.3 Å². The molecule has 10 heteroatoms. The van der Waals surface area contributed by atoms with Gasteiger partial charge in [0.25, 0.3) is 5.91 Å². The summed E-state index contributed by atoms with van der Waals surface area (Å²) in [5, 5.41) is 10.6. The van der Waals surface area contributed by atoms with Crippen LogP contribution in [0.2, 0.25) is 0 Å². The summed E-state index contributed by atoms with van der Waals surface area (Å²) in [6, 6.07) is 5.99. The van der Waals surface area contributed by atoms with Gasteiger partial charge in [-0.2, -0.15) is 5.10 Å². The van der Waals surface area contributed by atoms with Crippen molar-refractivity contribution in [3.8, 4) is 5.75 Å². The zero-order valence-electron chi connectivity index (χ0n) is 19.5. The van der Waals surface area contributed by atoms with Crippen LogP contribution < -0.4 is 15.4 Å². The fourth-order valence-corrected chi connectivity index (χ4v) is 5.72. The van der Waals surface area contributed by atoms with Crippen LogP contribution >= 0.6 is 0 Å². The van der Waals surface area contributed by atoms with Crippen LogP contribution in [0.4, 0.5) is 5.69 Å². The Morgan fingerprint density at radius 3 is 2.85 bits per heavy atom. The van der Waals surface area contributed by atoms with Gasteiger partial charge in [-0.15, -0.1) is 0 Å². The first-order chi connectivity index (χ1) is 16.2. The normalized spacial score (nSPS) is 21.2. The molecule has 1 atom stereocenters. The molecule has 9 nitrogen and oxygen atoms in total. The third-order valence-electron chi connectivity index (χ3n) is 6.88. The van der Waals surface area contributed by atoms with Gasteiger partial charge in [-0.1, -0.05) is 18.9 Å². The van der Waals surface area contributed by atoms with Gasteiger partial charge in [-0.3, -0.25) is 14.3 Å². The van der Waals surface area contributed by atoms with Gasteiger partial charge in [0, 0.05) is 6.26 Å². The Morgan fingerprint density at radius 2 is 2.15 bits per heavy atom. The van der Waals surface area contributed by atoms with Gasteiger partial charge in [0.1, 0.15) is 17.2 Å². The molecule has 182 valence electrons. The van der Waals surface area contributed by atoms with Gasteiger partial charge in [-0.05, 0) is 61.8 Å². The zero-order valence-corrected chi connectivity index (χ0v) is 20.3. The molecule has 3 aliphatic rings. The fraction of sp³-hybridized carbons (Fsp3) is 0.542. The molecule has 2 heterocycles. The summed E-state index contributed by atoms with van der Waals surface area (Å²) in [5.74, 6) is -0.138. The summed E-state index contributed by atoms with van der Waals surface area (Å²) in [6.07, 6.45) is 6.52. The second kappa shape index (κ2) is 8.41. The Balaban J connectivity index is 1.48. The average molecular weight is 487 g/mol. The molecule has 1 aromatic carbocycles. The first-order valence-electron chi connectivity index (χ1n) is 11.8. The lowest BCUT2D eigenvalue weighted by Crippen LogP contribution is -2.52. The van der Waals surface area contributed by atoms with E-state index in [0.717, 1.165) is 42.4 Å². The SMILES string of the molecule is CCOc1ccc2c(c1)CC[C@@]21Cn2nc(CCC3CC3)c(NC(=O)CS(C)(=O)=O)c2C(=O)N1. The number of anilines is 1. The number of nitrogens with one attached hydrogen (secondary N) is 2. The summed E-state index contributed by atoms with van der Waals surface area (Å²) in [7, 11) is -3.50. The van der Waals surface area contributed by atoms with E-state index in [1.165, 1.54) is 12.8 Å². The molecule has 1 saturated carbocycles. The Bertz CT molecular complexity index is 1260. The van der Waals surface area contributed by atoms with E-state index in [1.54, 1.807) is 4.68 Å². The predicted octanol–water partition coefficient (Wildman–Crippen LogP) is 2.19. The van der Waals surface area contributed by atoms with Crippen molar-refractivity contribution < 1.29 is 22.7 Å². The highest BCUT2D eigenvalue weighted by Crippen LogP contribution is 2.43. The van der Waals surface area contributed by atoms with Gasteiger partial charge in [0.05, 0.1) is 30.1 Å². The maximum Gasteiger partial charge on any atom is 0.272 e. The van der Waals surface area contributed by atoms with Crippen LogP contribution in [-0.4, -0.2) is 48.6 Å². The molecular weight excluding hydrogens is 456 g/mol. The van der Waals surface area contributed by atoms with E-state index >= 15 is 0 Å². The first-order valence-corrected chi connectivity index (χ1v) is 13.9. The number of rotatable bonds is 8. The number of hydrogen-bond donors (Lipinski definition) is 2. The number of hydrogen-bond acceptors (Lipinski definition) is 6. The monoisotopic (exact) mass is 486 g/mol. The van der Waals surface area contributed by atoms with E-state index in [9.17, 15) is 18.0 Å². The Kier molecular flexibility index (Phi) is 5.66. The first kappa shape index (κ1) is 22.9. The molecule has 0 unspecified atom stereocenters. The second-order valence-corrected chi connectivity index (χ2v) is 11.9.